The van der Waals surface area contributed by atoms with Crippen LogP contribution in [0.25, 0.3) is 0 Å². The highest BCUT2D eigenvalue weighted by Gasteiger charge is 2.59. The molecule has 1 spiro atoms. The zero-order valence-corrected chi connectivity index (χ0v) is 15.5. The van der Waals surface area contributed by atoms with Gasteiger partial charge in [-0.15, -0.1) is 12.4 Å². The highest BCUT2D eigenvalue weighted by Crippen LogP contribution is 2.56. The molecule has 3 atom stereocenters. The van der Waals surface area contributed by atoms with Gasteiger partial charge in [-0.3, -0.25) is 4.79 Å². The van der Waals surface area contributed by atoms with Gasteiger partial charge in [0.15, 0.2) is 0 Å². The minimum atomic E-state index is 0. The second-order valence-electron chi connectivity index (χ2n) is 7.36. The van der Waals surface area contributed by atoms with Crippen LogP contribution in [0.3, 0.4) is 0 Å². The Morgan fingerprint density at radius 3 is 2.61 bits per heavy atom. The lowest BCUT2D eigenvalue weighted by Crippen LogP contribution is -2.65. The number of carbonyl (C=O) groups is 1. The van der Waals surface area contributed by atoms with Crippen molar-refractivity contribution in [1.82, 2.24) is 10.2 Å². The summed E-state index contributed by atoms with van der Waals surface area (Å²) in [6.07, 6.45) is 8.61. The molecule has 1 aliphatic heterocycles. The fraction of sp³-hybridized carbons (Fsp3) is 0.944. The quantitative estimate of drug-likeness (QED) is 0.805. The number of halogens is 1. The van der Waals surface area contributed by atoms with Crippen LogP contribution in [0.1, 0.15) is 58.8 Å². The van der Waals surface area contributed by atoms with Crippen molar-refractivity contribution in [1.29, 1.82) is 0 Å². The Morgan fingerprint density at radius 1 is 1.30 bits per heavy atom. The molecule has 0 aromatic rings. The van der Waals surface area contributed by atoms with Crippen molar-refractivity contribution in [3.8, 4) is 0 Å². The molecule has 3 rings (SSSR count). The number of ether oxygens (including phenoxy) is 1. The van der Waals surface area contributed by atoms with Crippen molar-refractivity contribution in [3.05, 3.63) is 0 Å². The van der Waals surface area contributed by atoms with Crippen LogP contribution in [0.15, 0.2) is 0 Å². The van der Waals surface area contributed by atoms with Gasteiger partial charge in [-0.05, 0) is 45.6 Å². The minimum Gasteiger partial charge on any atom is -0.378 e. The molecule has 1 saturated heterocycles. The molecule has 0 bridgehead atoms. The SMILES string of the molecule is CCCN(C(=O)C1CCNC1)C1CC(OCC)C12CCCC2.Cl. The van der Waals surface area contributed by atoms with Crippen molar-refractivity contribution in [2.75, 3.05) is 26.2 Å². The molecule has 5 heteroatoms. The van der Waals surface area contributed by atoms with E-state index >= 15 is 0 Å². The Bertz CT molecular complexity index is 392. The first-order valence-electron chi connectivity index (χ1n) is 9.35. The number of amides is 1. The predicted octanol–water partition coefficient (Wildman–Crippen LogP) is 2.99. The third-order valence-electron chi connectivity index (χ3n) is 6.18. The molecule has 2 aliphatic carbocycles. The molecule has 1 heterocycles. The Hall–Kier alpha value is -0.320. The van der Waals surface area contributed by atoms with Crippen LogP contribution < -0.4 is 5.32 Å². The van der Waals surface area contributed by atoms with Gasteiger partial charge in [0.2, 0.25) is 5.91 Å². The molecule has 3 unspecified atom stereocenters. The van der Waals surface area contributed by atoms with Gasteiger partial charge in [-0.25, -0.2) is 0 Å². The van der Waals surface area contributed by atoms with Crippen molar-refractivity contribution in [2.45, 2.75) is 70.9 Å². The smallest absolute Gasteiger partial charge is 0.227 e. The minimum absolute atomic E-state index is 0. The fourth-order valence-electron chi connectivity index (χ4n) is 5.05. The van der Waals surface area contributed by atoms with Gasteiger partial charge in [0.05, 0.1) is 12.0 Å². The topological polar surface area (TPSA) is 41.6 Å². The van der Waals surface area contributed by atoms with Gasteiger partial charge >= 0.3 is 0 Å². The third-order valence-corrected chi connectivity index (χ3v) is 6.18. The summed E-state index contributed by atoms with van der Waals surface area (Å²) >= 11 is 0. The molecule has 1 N–H and O–H groups in total. The number of hydrogen-bond donors (Lipinski definition) is 1. The van der Waals surface area contributed by atoms with E-state index in [1.165, 1.54) is 25.7 Å². The molecular formula is C18H33ClN2O2. The lowest BCUT2D eigenvalue weighted by atomic mass is 9.59. The molecule has 0 aromatic heterocycles. The average molecular weight is 345 g/mol. The van der Waals surface area contributed by atoms with Gasteiger partial charge < -0.3 is 15.0 Å². The Labute approximate surface area is 147 Å². The molecule has 0 radical (unpaired) electrons. The summed E-state index contributed by atoms with van der Waals surface area (Å²) in [5, 5.41) is 3.34. The van der Waals surface area contributed by atoms with Gasteiger partial charge in [0.25, 0.3) is 0 Å². The largest absolute Gasteiger partial charge is 0.378 e. The van der Waals surface area contributed by atoms with E-state index in [2.05, 4.69) is 24.1 Å². The van der Waals surface area contributed by atoms with E-state index in [1.54, 1.807) is 0 Å². The maximum atomic E-state index is 13.0. The maximum Gasteiger partial charge on any atom is 0.227 e. The normalized spacial score (nSPS) is 31.7. The summed E-state index contributed by atoms with van der Waals surface area (Å²) in [5.74, 6) is 0.606. The zero-order chi connectivity index (χ0) is 15.6. The Balaban J connectivity index is 0.00000192. The summed E-state index contributed by atoms with van der Waals surface area (Å²) in [6, 6.07) is 0.430. The summed E-state index contributed by atoms with van der Waals surface area (Å²) in [5.41, 5.74) is 0.271. The second-order valence-corrected chi connectivity index (χ2v) is 7.36. The van der Waals surface area contributed by atoms with Crippen molar-refractivity contribution in [2.24, 2.45) is 11.3 Å². The van der Waals surface area contributed by atoms with E-state index in [0.717, 1.165) is 45.5 Å². The molecule has 3 fully saturated rings. The summed E-state index contributed by atoms with van der Waals surface area (Å²) in [4.78, 5) is 15.3. The van der Waals surface area contributed by atoms with E-state index in [9.17, 15) is 4.79 Å². The van der Waals surface area contributed by atoms with Gasteiger partial charge in [-0.2, -0.15) is 0 Å². The highest BCUT2D eigenvalue weighted by molar-refractivity contribution is 5.85. The number of hydrogen-bond acceptors (Lipinski definition) is 3. The first kappa shape index (κ1) is 19.0. The van der Waals surface area contributed by atoms with E-state index in [-0.39, 0.29) is 23.7 Å². The monoisotopic (exact) mass is 344 g/mol. The van der Waals surface area contributed by atoms with E-state index in [4.69, 9.17) is 4.74 Å². The predicted molar refractivity (Wildman–Crippen MR) is 94.9 cm³/mol. The highest BCUT2D eigenvalue weighted by atomic mass is 35.5. The summed E-state index contributed by atoms with van der Waals surface area (Å²) in [6.45, 7) is 7.86. The lowest BCUT2D eigenvalue weighted by molar-refractivity contribution is -0.178. The van der Waals surface area contributed by atoms with Crippen molar-refractivity contribution in [3.63, 3.8) is 0 Å². The summed E-state index contributed by atoms with van der Waals surface area (Å²) < 4.78 is 6.03. The average Bonchev–Trinajstić information content (AvgIpc) is 3.21. The van der Waals surface area contributed by atoms with Crippen LogP contribution in [0.5, 0.6) is 0 Å². The van der Waals surface area contributed by atoms with Gasteiger partial charge in [-0.1, -0.05) is 19.8 Å². The standard InChI is InChI=1S/C18H32N2O2.ClH/c1-3-11-20(17(21)14-7-10-19-13-14)15-12-16(22-4-2)18(15)8-5-6-9-18;/h14-16,19H,3-13H2,1-2H3;1H. The van der Waals surface area contributed by atoms with Gasteiger partial charge in [0, 0.05) is 31.2 Å². The van der Waals surface area contributed by atoms with Crippen LogP contribution in [-0.2, 0) is 9.53 Å². The van der Waals surface area contributed by atoms with Gasteiger partial charge in [0.1, 0.15) is 0 Å². The number of rotatable bonds is 6. The molecule has 0 aromatic carbocycles. The Morgan fingerprint density at radius 2 is 2.04 bits per heavy atom. The maximum absolute atomic E-state index is 13.0. The first-order valence-corrected chi connectivity index (χ1v) is 9.35. The summed E-state index contributed by atoms with van der Waals surface area (Å²) in [7, 11) is 0. The van der Waals surface area contributed by atoms with Crippen LogP contribution >= 0.6 is 12.4 Å². The Kier molecular flexibility index (Phi) is 6.76. The van der Waals surface area contributed by atoms with Crippen LogP contribution in [0, 0.1) is 11.3 Å². The number of nitrogens with zero attached hydrogens (tertiary/aromatic N) is 1. The van der Waals surface area contributed by atoms with Crippen LogP contribution in [0.2, 0.25) is 0 Å². The molecule has 2 saturated carbocycles. The fourth-order valence-corrected chi connectivity index (χ4v) is 5.05. The van der Waals surface area contributed by atoms with E-state index < -0.39 is 0 Å². The third kappa shape index (κ3) is 3.40. The molecule has 1 amide bonds. The first-order chi connectivity index (χ1) is 10.7. The van der Waals surface area contributed by atoms with E-state index in [1.807, 2.05) is 0 Å². The van der Waals surface area contributed by atoms with Crippen molar-refractivity contribution < 1.29 is 9.53 Å². The molecule has 4 nitrogen and oxygen atoms in total. The molecule has 134 valence electrons. The molecule has 3 aliphatic rings. The molecule has 23 heavy (non-hydrogen) atoms. The van der Waals surface area contributed by atoms with Crippen LogP contribution in [-0.4, -0.2) is 49.2 Å². The van der Waals surface area contributed by atoms with Crippen molar-refractivity contribution >= 4 is 18.3 Å². The second kappa shape index (κ2) is 8.17. The number of nitrogens with one attached hydrogen (secondary N) is 1. The number of carbonyl (C=O) groups excluding carboxylic acids is 1. The lowest BCUT2D eigenvalue weighted by Gasteiger charge is -2.58. The molecular weight excluding hydrogens is 312 g/mol. The zero-order valence-electron chi connectivity index (χ0n) is 14.7. The van der Waals surface area contributed by atoms with Crippen LogP contribution in [0.4, 0.5) is 0 Å². The van der Waals surface area contributed by atoms with E-state index in [0.29, 0.717) is 18.1 Å².